The molecule has 0 atom stereocenters. The second kappa shape index (κ2) is 3.91. The van der Waals surface area contributed by atoms with Crippen molar-refractivity contribution in [3.05, 3.63) is 17.0 Å². The second-order valence-corrected chi connectivity index (χ2v) is 2.64. The molecule has 0 aliphatic heterocycles. The fraction of sp³-hybridized carbons (Fsp3) is 0.375. The molecule has 0 aromatic carbocycles. The molecule has 6 nitrogen and oxygen atoms in total. The quantitative estimate of drug-likeness (QED) is 0.331. The maximum atomic E-state index is 11.2. The van der Waals surface area contributed by atoms with E-state index >= 15 is 0 Å². The Morgan fingerprint density at radius 2 is 2.29 bits per heavy atom. The van der Waals surface area contributed by atoms with Gasteiger partial charge in [-0.15, -0.1) is 0 Å². The normalized spacial score (nSPS) is 11.5. The van der Waals surface area contributed by atoms with Crippen molar-refractivity contribution in [3.8, 4) is 0 Å². The minimum Gasteiger partial charge on any atom is -0.464 e. The van der Waals surface area contributed by atoms with Crippen LogP contribution in [0.2, 0.25) is 0 Å². The number of rotatable bonds is 2. The molecule has 0 saturated carbocycles. The number of esters is 1. The van der Waals surface area contributed by atoms with Gasteiger partial charge in [0.2, 0.25) is 5.69 Å². The van der Waals surface area contributed by atoms with Crippen molar-refractivity contribution in [2.45, 2.75) is 13.8 Å². The Labute approximate surface area is 80.1 Å². The molecule has 0 spiro atoms. The lowest BCUT2D eigenvalue weighted by Gasteiger charge is -1.97. The van der Waals surface area contributed by atoms with Gasteiger partial charge >= 0.3 is 5.97 Å². The Kier molecular flexibility index (Phi) is 2.85. The minimum absolute atomic E-state index is 0.0142. The van der Waals surface area contributed by atoms with E-state index in [0.717, 1.165) is 0 Å². The molecule has 14 heavy (non-hydrogen) atoms. The molecule has 0 fully saturated rings. The average molecular weight is 198 g/mol. The number of hydrogen-bond acceptors (Lipinski definition) is 6. The predicted molar refractivity (Wildman–Crippen MR) is 46.6 cm³/mol. The van der Waals surface area contributed by atoms with Crippen LogP contribution >= 0.6 is 0 Å². The Morgan fingerprint density at radius 1 is 1.64 bits per heavy atom. The standard InChI is InChI=1S/C8H10N2O4/c1-4(9-12)6-5(2)14-10-7(6)8(11)13-3/h12H,1-3H3. The highest BCUT2D eigenvalue weighted by molar-refractivity contribution is 6.07. The summed E-state index contributed by atoms with van der Waals surface area (Å²) in [5.41, 5.74) is 0.629. The topological polar surface area (TPSA) is 84.9 Å². The first kappa shape index (κ1) is 10.2. The second-order valence-electron chi connectivity index (χ2n) is 2.64. The number of nitrogens with zero attached hydrogens (tertiary/aromatic N) is 2. The van der Waals surface area contributed by atoms with Crippen LogP contribution in [0.25, 0.3) is 0 Å². The molecule has 1 aromatic rings. The van der Waals surface area contributed by atoms with E-state index in [1.807, 2.05) is 0 Å². The summed E-state index contributed by atoms with van der Waals surface area (Å²) in [5, 5.41) is 15.1. The van der Waals surface area contributed by atoms with E-state index in [-0.39, 0.29) is 11.4 Å². The molecule has 76 valence electrons. The van der Waals surface area contributed by atoms with E-state index in [1.54, 1.807) is 6.92 Å². The van der Waals surface area contributed by atoms with Gasteiger partial charge in [0.05, 0.1) is 18.4 Å². The summed E-state index contributed by atoms with van der Waals surface area (Å²) in [6.07, 6.45) is 0. The van der Waals surface area contributed by atoms with Gasteiger partial charge in [-0.3, -0.25) is 0 Å². The molecule has 1 rings (SSSR count). The van der Waals surface area contributed by atoms with Gasteiger partial charge in [-0.05, 0) is 13.8 Å². The van der Waals surface area contributed by atoms with Crippen molar-refractivity contribution >= 4 is 11.7 Å². The van der Waals surface area contributed by atoms with Crippen molar-refractivity contribution in [2.24, 2.45) is 5.16 Å². The molecule has 0 aliphatic carbocycles. The molecule has 0 aliphatic rings. The van der Waals surface area contributed by atoms with Crippen molar-refractivity contribution < 1.29 is 19.3 Å². The summed E-state index contributed by atoms with van der Waals surface area (Å²) in [4.78, 5) is 11.2. The molecule has 0 radical (unpaired) electrons. The number of aryl methyl sites for hydroxylation is 1. The molecule has 1 aromatic heterocycles. The van der Waals surface area contributed by atoms with E-state index < -0.39 is 5.97 Å². The van der Waals surface area contributed by atoms with Crippen molar-refractivity contribution in [3.63, 3.8) is 0 Å². The highest BCUT2D eigenvalue weighted by Gasteiger charge is 2.22. The Hall–Kier alpha value is -1.85. The summed E-state index contributed by atoms with van der Waals surface area (Å²) in [7, 11) is 1.24. The van der Waals surface area contributed by atoms with E-state index in [2.05, 4.69) is 15.0 Å². The van der Waals surface area contributed by atoms with Crippen molar-refractivity contribution in [1.29, 1.82) is 0 Å². The molecule has 0 saturated heterocycles. The van der Waals surface area contributed by atoms with E-state index in [1.165, 1.54) is 14.0 Å². The minimum atomic E-state index is -0.625. The van der Waals surface area contributed by atoms with Crippen LogP contribution in [0.4, 0.5) is 0 Å². The van der Waals surface area contributed by atoms with Crippen LogP contribution < -0.4 is 0 Å². The van der Waals surface area contributed by atoms with Crippen LogP contribution in [0, 0.1) is 6.92 Å². The number of carbonyl (C=O) groups is 1. The Morgan fingerprint density at radius 3 is 2.79 bits per heavy atom. The van der Waals surface area contributed by atoms with Gasteiger partial charge in [0.1, 0.15) is 5.76 Å². The molecular formula is C8H10N2O4. The first-order valence-electron chi connectivity index (χ1n) is 3.85. The summed E-state index contributed by atoms with van der Waals surface area (Å²) < 4.78 is 9.29. The molecule has 1 N–H and O–H groups in total. The van der Waals surface area contributed by atoms with Gasteiger partial charge < -0.3 is 14.5 Å². The molecule has 0 unspecified atom stereocenters. The smallest absolute Gasteiger partial charge is 0.360 e. The maximum absolute atomic E-state index is 11.2. The Bertz CT molecular complexity index is 381. The fourth-order valence-electron chi connectivity index (χ4n) is 1.08. The largest absolute Gasteiger partial charge is 0.464 e. The van der Waals surface area contributed by atoms with Crippen LogP contribution in [0.5, 0.6) is 0 Å². The first-order chi connectivity index (χ1) is 6.61. The van der Waals surface area contributed by atoms with E-state index in [4.69, 9.17) is 9.73 Å². The molecule has 1 heterocycles. The molecule has 6 heteroatoms. The highest BCUT2D eigenvalue weighted by atomic mass is 16.5. The van der Waals surface area contributed by atoms with Crippen LogP contribution in [-0.2, 0) is 4.74 Å². The van der Waals surface area contributed by atoms with Crippen LogP contribution in [0.3, 0.4) is 0 Å². The lowest BCUT2D eigenvalue weighted by molar-refractivity contribution is 0.0589. The van der Waals surface area contributed by atoms with Crippen molar-refractivity contribution in [2.75, 3.05) is 7.11 Å². The maximum Gasteiger partial charge on any atom is 0.360 e. The van der Waals surface area contributed by atoms with Crippen LogP contribution in [0.15, 0.2) is 9.68 Å². The van der Waals surface area contributed by atoms with Gasteiger partial charge in [-0.25, -0.2) is 4.79 Å². The van der Waals surface area contributed by atoms with Gasteiger partial charge in [0.25, 0.3) is 0 Å². The number of ether oxygens (including phenoxy) is 1. The van der Waals surface area contributed by atoms with Gasteiger partial charge in [0.15, 0.2) is 0 Å². The number of oxime groups is 1. The number of hydrogen-bond donors (Lipinski definition) is 1. The lowest BCUT2D eigenvalue weighted by atomic mass is 10.1. The number of methoxy groups -OCH3 is 1. The summed E-state index contributed by atoms with van der Waals surface area (Å²) in [5.74, 6) is -0.222. The monoisotopic (exact) mass is 198 g/mol. The van der Waals surface area contributed by atoms with Crippen LogP contribution in [0.1, 0.15) is 28.7 Å². The first-order valence-corrected chi connectivity index (χ1v) is 3.85. The van der Waals surface area contributed by atoms with Crippen molar-refractivity contribution in [1.82, 2.24) is 5.16 Å². The summed E-state index contributed by atoms with van der Waals surface area (Å²) >= 11 is 0. The molecular weight excluding hydrogens is 188 g/mol. The molecule has 0 amide bonds. The number of carbonyl (C=O) groups excluding carboxylic acids is 1. The van der Waals surface area contributed by atoms with E-state index in [0.29, 0.717) is 11.3 Å². The number of aromatic nitrogens is 1. The zero-order valence-corrected chi connectivity index (χ0v) is 8.07. The third-order valence-electron chi connectivity index (χ3n) is 1.75. The third kappa shape index (κ3) is 1.59. The fourth-order valence-corrected chi connectivity index (χ4v) is 1.08. The lowest BCUT2D eigenvalue weighted by Crippen LogP contribution is -2.08. The van der Waals surface area contributed by atoms with Gasteiger partial charge in [-0.2, -0.15) is 0 Å². The zero-order chi connectivity index (χ0) is 10.7. The van der Waals surface area contributed by atoms with E-state index in [9.17, 15) is 4.79 Å². The molecule has 0 bridgehead atoms. The Balaban J connectivity index is 3.26. The highest BCUT2D eigenvalue weighted by Crippen LogP contribution is 2.15. The predicted octanol–water partition coefficient (Wildman–Crippen LogP) is 0.968. The third-order valence-corrected chi connectivity index (χ3v) is 1.75. The average Bonchev–Trinajstić information content (AvgIpc) is 2.58. The zero-order valence-electron chi connectivity index (χ0n) is 8.07. The van der Waals surface area contributed by atoms with Gasteiger partial charge in [-0.1, -0.05) is 10.3 Å². The SMILES string of the molecule is COC(=O)c1noc(C)c1C(C)=NO. The summed E-state index contributed by atoms with van der Waals surface area (Å²) in [6, 6.07) is 0. The summed E-state index contributed by atoms with van der Waals surface area (Å²) in [6.45, 7) is 3.15. The van der Waals surface area contributed by atoms with Crippen LogP contribution in [-0.4, -0.2) is 29.2 Å². The van der Waals surface area contributed by atoms with Gasteiger partial charge in [0, 0.05) is 0 Å².